The van der Waals surface area contributed by atoms with E-state index in [2.05, 4.69) is 23.5 Å². The monoisotopic (exact) mass is 237 g/mol. The highest BCUT2D eigenvalue weighted by Gasteiger charge is 2.10. The minimum Gasteiger partial charge on any atom is -0.384 e. The van der Waals surface area contributed by atoms with Crippen LogP contribution in [0.25, 0.3) is 11.1 Å². The SMILES string of the molecule is CC(=O)c1ccc(-c2ccc3c(c2)CCN3)cc1. The molecule has 0 fully saturated rings. The number of fused-ring (bicyclic) bond motifs is 1. The molecule has 0 spiro atoms. The van der Waals surface area contributed by atoms with Crippen LogP contribution in [0.5, 0.6) is 0 Å². The quantitative estimate of drug-likeness (QED) is 0.810. The summed E-state index contributed by atoms with van der Waals surface area (Å²) in [6, 6.07) is 14.3. The van der Waals surface area contributed by atoms with Crippen molar-refractivity contribution in [3.63, 3.8) is 0 Å². The van der Waals surface area contributed by atoms with Crippen molar-refractivity contribution in [2.75, 3.05) is 11.9 Å². The Labute approximate surface area is 107 Å². The van der Waals surface area contributed by atoms with Crippen LogP contribution < -0.4 is 5.32 Å². The fraction of sp³-hybridized carbons (Fsp3) is 0.188. The van der Waals surface area contributed by atoms with Gasteiger partial charge in [0.1, 0.15) is 0 Å². The Kier molecular flexibility index (Phi) is 2.63. The molecule has 0 amide bonds. The smallest absolute Gasteiger partial charge is 0.159 e. The summed E-state index contributed by atoms with van der Waals surface area (Å²) in [6.45, 7) is 2.62. The first-order chi connectivity index (χ1) is 8.74. The van der Waals surface area contributed by atoms with E-state index in [0.29, 0.717) is 0 Å². The van der Waals surface area contributed by atoms with Crippen LogP contribution >= 0.6 is 0 Å². The maximum atomic E-state index is 11.2. The van der Waals surface area contributed by atoms with Gasteiger partial charge in [0.2, 0.25) is 0 Å². The van der Waals surface area contributed by atoms with E-state index in [0.717, 1.165) is 24.1 Å². The van der Waals surface area contributed by atoms with Crippen LogP contribution in [0.2, 0.25) is 0 Å². The third-order valence-corrected chi connectivity index (χ3v) is 3.44. The molecule has 18 heavy (non-hydrogen) atoms. The Bertz CT molecular complexity index is 599. The molecule has 0 saturated heterocycles. The first kappa shape index (κ1) is 11.0. The zero-order chi connectivity index (χ0) is 12.5. The lowest BCUT2D eigenvalue weighted by atomic mass is 10.00. The molecule has 0 unspecified atom stereocenters. The summed E-state index contributed by atoms with van der Waals surface area (Å²) in [5.74, 6) is 0.111. The Morgan fingerprint density at radius 1 is 1.06 bits per heavy atom. The van der Waals surface area contributed by atoms with Gasteiger partial charge in [-0.05, 0) is 42.2 Å². The number of nitrogens with one attached hydrogen (secondary N) is 1. The van der Waals surface area contributed by atoms with E-state index < -0.39 is 0 Å². The molecule has 2 nitrogen and oxygen atoms in total. The standard InChI is InChI=1S/C16H15NO/c1-11(18)12-2-4-13(5-3-12)14-6-7-16-15(10-14)8-9-17-16/h2-7,10,17H,8-9H2,1H3. The first-order valence-corrected chi connectivity index (χ1v) is 6.22. The number of carbonyl (C=O) groups is 1. The van der Waals surface area contributed by atoms with E-state index in [1.54, 1.807) is 6.92 Å². The van der Waals surface area contributed by atoms with Crippen LogP contribution in [0.15, 0.2) is 42.5 Å². The van der Waals surface area contributed by atoms with Gasteiger partial charge in [0.15, 0.2) is 5.78 Å². The number of benzene rings is 2. The second-order valence-electron chi connectivity index (χ2n) is 4.68. The van der Waals surface area contributed by atoms with Crippen LogP contribution in [0.4, 0.5) is 5.69 Å². The Balaban J connectivity index is 1.97. The molecule has 1 aliphatic heterocycles. The van der Waals surface area contributed by atoms with Crippen molar-refractivity contribution in [1.29, 1.82) is 0 Å². The van der Waals surface area contributed by atoms with Crippen LogP contribution in [0.1, 0.15) is 22.8 Å². The number of hydrogen-bond acceptors (Lipinski definition) is 2. The van der Waals surface area contributed by atoms with E-state index in [1.807, 2.05) is 24.3 Å². The molecule has 2 aromatic rings. The van der Waals surface area contributed by atoms with Gasteiger partial charge in [0.25, 0.3) is 0 Å². The molecule has 0 radical (unpaired) electrons. The van der Waals surface area contributed by atoms with Gasteiger partial charge < -0.3 is 5.32 Å². The average molecular weight is 237 g/mol. The molecule has 1 heterocycles. The number of anilines is 1. The van der Waals surface area contributed by atoms with Gasteiger partial charge in [-0.1, -0.05) is 30.3 Å². The van der Waals surface area contributed by atoms with Crippen molar-refractivity contribution in [2.24, 2.45) is 0 Å². The second kappa shape index (κ2) is 4.30. The summed E-state index contributed by atoms with van der Waals surface area (Å²) in [4.78, 5) is 11.2. The van der Waals surface area contributed by atoms with E-state index in [9.17, 15) is 4.79 Å². The second-order valence-corrected chi connectivity index (χ2v) is 4.68. The van der Waals surface area contributed by atoms with Gasteiger partial charge in [0.05, 0.1) is 0 Å². The van der Waals surface area contributed by atoms with Gasteiger partial charge in [-0.25, -0.2) is 0 Å². The van der Waals surface area contributed by atoms with Crippen molar-refractivity contribution in [1.82, 2.24) is 0 Å². The summed E-state index contributed by atoms with van der Waals surface area (Å²) in [7, 11) is 0. The maximum Gasteiger partial charge on any atom is 0.159 e. The van der Waals surface area contributed by atoms with Crippen molar-refractivity contribution in [3.8, 4) is 11.1 Å². The third kappa shape index (κ3) is 1.90. The third-order valence-electron chi connectivity index (χ3n) is 3.44. The topological polar surface area (TPSA) is 29.1 Å². The van der Waals surface area contributed by atoms with Gasteiger partial charge in [0, 0.05) is 17.8 Å². The largest absolute Gasteiger partial charge is 0.384 e. The van der Waals surface area contributed by atoms with Crippen molar-refractivity contribution >= 4 is 11.5 Å². The first-order valence-electron chi connectivity index (χ1n) is 6.22. The summed E-state index contributed by atoms with van der Waals surface area (Å²) in [5.41, 5.74) is 5.77. The predicted octanol–water partition coefficient (Wildman–Crippen LogP) is 3.52. The lowest BCUT2D eigenvalue weighted by Crippen LogP contribution is -1.91. The van der Waals surface area contributed by atoms with Gasteiger partial charge in [-0.15, -0.1) is 0 Å². The molecule has 1 N–H and O–H groups in total. The molecule has 0 bridgehead atoms. The summed E-state index contributed by atoms with van der Waals surface area (Å²) in [6.07, 6.45) is 1.09. The summed E-state index contributed by atoms with van der Waals surface area (Å²) < 4.78 is 0. The highest BCUT2D eigenvalue weighted by Crippen LogP contribution is 2.28. The molecule has 0 aliphatic carbocycles. The molecular weight excluding hydrogens is 222 g/mol. The number of Topliss-reactive ketones (excluding diaryl/α,β-unsaturated/α-hetero) is 1. The lowest BCUT2D eigenvalue weighted by Gasteiger charge is -2.06. The fourth-order valence-electron chi connectivity index (χ4n) is 2.38. The highest BCUT2D eigenvalue weighted by molar-refractivity contribution is 5.94. The Morgan fingerprint density at radius 3 is 2.50 bits per heavy atom. The maximum absolute atomic E-state index is 11.2. The Hall–Kier alpha value is -2.09. The molecule has 2 aromatic carbocycles. The van der Waals surface area contributed by atoms with E-state index in [-0.39, 0.29) is 5.78 Å². The highest BCUT2D eigenvalue weighted by atomic mass is 16.1. The van der Waals surface area contributed by atoms with E-state index >= 15 is 0 Å². The number of ketones is 1. The molecule has 0 aromatic heterocycles. The number of hydrogen-bond donors (Lipinski definition) is 1. The van der Waals surface area contributed by atoms with Crippen LogP contribution in [-0.2, 0) is 6.42 Å². The van der Waals surface area contributed by atoms with Crippen LogP contribution in [0, 0.1) is 0 Å². The van der Waals surface area contributed by atoms with Crippen molar-refractivity contribution in [3.05, 3.63) is 53.6 Å². The molecule has 3 rings (SSSR count). The molecule has 0 atom stereocenters. The summed E-state index contributed by atoms with van der Waals surface area (Å²) in [5, 5.41) is 3.36. The molecule has 0 saturated carbocycles. The zero-order valence-electron chi connectivity index (χ0n) is 10.4. The Morgan fingerprint density at radius 2 is 1.78 bits per heavy atom. The van der Waals surface area contributed by atoms with Crippen LogP contribution in [-0.4, -0.2) is 12.3 Å². The van der Waals surface area contributed by atoms with Crippen LogP contribution in [0.3, 0.4) is 0 Å². The normalized spacial score (nSPS) is 12.9. The molecule has 2 heteroatoms. The predicted molar refractivity (Wildman–Crippen MR) is 74.1 cm³/mol. The minimum absolute atomic E-state index is 0.111. The molecule has 90 valence electrons. The lowest BCUT2D eigenvalue weighted by molar-refractivity contribution is 0.101. The zero-order valence-corrected chi connectivity index (χ0v) is 10.4. The average Bonchev–Trinajstić information content (AvgIpc) is 2.86. The summed E-state index contributed by atoms with van der Waals surface area (Å²) >= 11 is 0. The molecular formula is C16H15NO. The molecule has 1 aliphatic rings. The number of carbonyl (C=O) groups excluding carboxylic acids is 1. The van der Waals surface area contributed by atoms with E-state index in [1.165, 1.54) is 16.8 Å². The van der Waals surface area contributed by atoms with Gasteiger partial charge in [-0.3, -0.25) is 4.79 Å². The minimum atomic E-state index is 0.111. The van der Waals surface area contributed by atoms with Gasteiger partial charge in [-0.2, -0.15) is 0 Å². The fourth-order valence-corrected chi connectivity index (χ4v) is 2.38. The van der Waals surface area contributed by atoms with Crippen molar-refractivity contribution < 1.29 is 4.79 Å². The van der Waals surface area contributed by atoms with Crippen molar-refractivity contribution in [2.45, 2.75) is 13.3 Å². The number of rotatable bonds is 2. The van der Waals surface area contributed by atoms with Gasteiger partial charge >= 0.3 is 0 Å². The van der Waals surface area contributed by atoms with E-state index in [4.69, 9.17) is 0 Å².